The van der Waals surface area contributed by atoms with Crippen molar-refractivity contribution >= 4 is 28.6 Å². The first-order valence-corrected chi connectivity index (χ1v) is 7.61. The number of allylic oxidation sites excluding steroid dienone is 4. The van der Waals surface area contributed by atoms with E-state index in [4.69, 9.17) is 4.99 Å². The van der Waals surface area contributed by atoms with Crippen LogP contribution in [0.3, 0.4) is 0 Å². The van der Waals surface area contributed by atoms with Gasteiger partial charge in [0.05, 0.1) is 16.2 Å². The molecule has 1 aliphatic carbocycles. The third kappa shape index (κ3) is 2.51. The quantitative estimate of drug-likeness (QED) is 0.744. The third-order valence-electron chi connectivity index (χ3n) is 2.88. The van der Waals surface area contributed by atoms with Crippen LogP contribution < -0.4 is 0 Å². The van der Waals surface area contributed by atoms with E-state index in [1.54, 1.807) is 5.57 Å². The lowest BCUT2D eigenvalue weighted by atomic mass is 9.90. The molecule has 0 fully saturated rings. The van der Waals surface area contributed by atoms with Crippen LogP contribution in [0, 0.1) is 5.92 Å². The third-order valence-corrected chi connectivity index (χ3v) is 5.49. The molecular weight excluding hydrogens is 222 g/mol. The number of thioether (sulfide) groups is 2. The van der Waals surface area contributed by atoms with Gasteiger partial charge in [0, 0.05) is 5.92 Å². The maximum absolute atomic E-state index is 4.69. The van der Waals surface area contributed by atoms with Crippen molar-refractivity contribution in [1.29, 1.82) is 0 Å². The highest BCUT2D eigenvalue weighted by Crippen LogP contribution is 2.37. The van der Waals surface area contributed by atoms with Gasteiger partial charge in [-0.2, -0.15) is 0 Å². The Morgan fingerprint density at radius 2 is 2.47 bits per heavy atom. The molecule has 15 heavy (non-hydrogen) atoms. The minimum atomic E-state index is 0.585. The fourth-order valence-corrected chi connectivity index (χ4v) is 3.87. The Hall–Kier alpha value is -0.150. The van der Waals surface area contributed by atoms with Crippen molar-refractivity contribution in [1.82, 2.24) is 0 Å². The lowest BCUT2D eigenvalue weighted by molar-refractivity contribution is 0.776. The van der Waals surface area contributed by atoms with E-state index in [1.165, 1.54) is 5.04 Å². The predicted octanol–water partition coefficient (Wildman–Crippen LogP) is 3.73. The highest BCUT2D eigenvalue weighted by molar-refractivity contribution is 8.25. The van der Waals surface area contributed by atoms with E-state index in [2.05, 4.69) is 31.4 Å². The van der Waals surface area contributed by atoms with Gasteiger partial charge >= 0.3 is 0 Å². The van der Waals surface area contributed by atoms with Crippen molar-refractivity contribution in [3.63, 3.8) is 0 Å². The van der Waals surface area contributed by atoms with Crippen molar-refractivity contribution < 1.29 is 0 Å². The second kappa shape index (κ2) is 5.26. The van der Waals surface area contributed by atoms with Crippen LogP contribution in [0.2, 0.25) is 0 Å². The van der Waals surface area contributed by atoms with E-state index in [1.807, 2.05) is 23.5 Å². The first-order valence-electron chi connectivity index (χ1n) is 5.44. The summed E-state index contributed by atoms with van der Waals surface area (Å²) in [4.78, 5) is 4.69. The normalized spacial score (nSPS) is 30.3. The molecule has 2 aliphatic rings. The SMILES string of the molecule is CCC1=CC=CCC1C1=NCC(SC)S1. The number of hydrogen-bond acceptors (Lipinski definition) is 3. The summed E-state index contributed by atoms with van der Waals surface area (Å²) in [5.41, 5.74) is 1.55. The molecule has 0 radical (unpaired) electrons. The molecule has 0 saturated heterocycles. The number of aliphatic imine (C=N–C) groups is 1. The molecule has 0 amide bonds. The van der Waals surface area contributed by atoms with Gasteiger partial charge in [-0.25, -0.2) is 0 Å². The number of hydrogen-bond donors (Lipinski definition) is 0. The number of nitrogens with zero attached hydrogens (tertiary/aromatic N) is 1. The van der Waals surface area contributed by atoms with Gasteiger partial charge in [0.2, 0.25) is 0 Å². The molecule has 2 rings (SSSR count). The zero-order valence-electron chi connectivity index (χ0n) is 9.27. The molecule has 1 nitrogen and oxygen atoms in total. The molecule has 1 aliphatic heterocycles. The Morgan fingerprint density at radius 1 is 1.60 bits per heavy atom. The standard InChI is InChI=1S/C12H17NS2/c1-3-9-6-4-5-7-10(9)12-13-8-11(14-2)15-12/h4-6,10-11H,3,7-8H2,1-2H3. The van der Waals surface area contributed by atoms with Crippen LogP contribution in [-0.4, -0.2) is 22.4 Å². The molecule has 82 valence electrons. The van der Waals surface area contributed by atoms with Gasteiger partial charge in [-0.05, 0) is 19.1 Å². The van der Waals surface area contributed by atoms with Gasteiger partial charge in [-0.3, -0.25) is 4.99 Å². The van der Waals surface area contributed by atoms with Crippen LogP contribution in [0.1, 0.15) is 19.8 Å². The summed E-state index contributed by atoms with van der Waals surface area (Å²) in [6.07, 6.45) is 11.2. The predicted molar refractivity (Wildman–Crippen MR) is 72.8 cm³/mol. The lowest BCUT2D eigenvalue weighted by Gasteiger charge is -2.20. The Bertz CT molecular complexity index is 318. The van der Waals surface area contributed by atoms with Crippen molar-refractivity contribution in [3.05, 3.63) is 23.8 Å². The first-order chi connectivity index (χ1) is 7.35. The van der Waals surface area contributed by atoms with Crippen molar-refractivity contribution in [3.8, 4) is 0 Å². The van der Waals surface area contributed by atoms with Crippen molar-refractivity contribution in [2.24, 2.45) is 10.9 Å². The summed E-state index contributed by atoms with van der Waals surface area (Å²) in [5.74, 6) is 0.585. The molecule has 3 heteroatoms. The summed E-state index contributed by atoms with van der Waals surface area (Å²) < 4.78 is 0.656. The van der Waals surface area contributed by atoms with E-state index < -0.39 is 0 Å². The Labute approximate surface area is 101 Å². The van der Waals surface area contributed by atoms with Crippen LogP contribution in [0.15, 0.2) is 28.8 Å². The molecule has 0 aromatic rings. The Morgan fingerprint density at radius 3 is 3.13 bits per heavy atom. The van der Waals surface area contributed by atoms with Gasteiger partial charge < -0.3 is 0 Å². The molecule has 0 spiro atoms. The van der Waals surface area contributed by atoms with E-state index >= 15 is 0 Å². The van der Waals surface area contributed by atoms with Gasteiger partial charge in [0.1, 0.15) is 0 Å². The van der Waals surface area contributed by atoms with Crippen molar-refractivity contribution in [2.45, 2.75) is 24.3 Å². The van der Waals surface area contributed by atoms with Gasteiger partial charge in [-0.15, -0.1) is 11.8 Å². The smallest absolute Gasteiger partial charge is 0.0763 e. The maximum atomic E-state index is 4.69. The molecule has 0 bridgehead atoms. The van der Waals surface area contributed by atoms with Gasteiger partial charge in [-0.1, -0.05) is 42.5 Å². The monoisotopic (exact) mass is 239 g/mol. The van der Waals surface area contributed by atoms with Crippen LogP contribution in [0.4, 0.5) is 0 Å². The van der Waals surface area contributed by atoms with Crippen LogP contribution in [-0.2, 0) is 0 Å². The second-order valence-corrected chi connectivity index (χ2v) is 6.34. The van der Waals surface area contributed by atoms with E-state index in [9.17, 15) is 0 Å². The highest BCUT2D eigenvalue weighted by atomic mass is 32.2. The summed E-state index contributed by atoms with van der Waals surface area (Å²) in [6.45, 7) is 3.24. The zero-order valence-corrected chi connectivity index (χ0v) is 10.9. The van der Waals surface area contributed by atoms with Crippen LogP contribution in [0.25, 0.3) is 0 Å². The zero-order chi connectivity index (χ0) is 10.7. The maximum Gasteiger partial charge on any atom is 0.0763 e. The number of rotatable bonds is 3. The second-order valence-electron chi connectivity index (χ2n) is 3.77. The first kappa shape index (κ1) is 11.3. The van der Waals surface area contributed by atoms with Crippen LogP contribution >= 0.6 is 23.5 Å². The average Bonchev–Trinajstić information content (AvgIpc) is 2.77. The van der Waals surface area contributed by atoms with Crippen molar-refractivity contribution in [2.75, 3.05) is 12.8 Å². The molecular formula is C12H17NS2. The molecule has 0 aromatic carbocycles. The Balaban J connectivity index is 2.06. The summed E-state index contributed by atoms with van der Waals surface area (Å²) in [5, 5.41) is 1.37. The molecule has 2 unspecified atom stereocenters. The topological polar surface area (TPSA) is 12.4 Å². The molecule has 0 aromatic heterocycles. The fourth-order valence-electron chi connectivity index (χ4n) is 1.99. The van der Waals surface area contributed by atoms with E-state index in [0.29, 0.717) is 10.5 Å². The summed E-state index contributed by atoms with van der Waals surface area (Å²) in [7, 11) is 0. The molecule has 0 N–H and O–H groups in total. The average molecular weight is 239 g/mol. The minimum Gasteiger partial charge on any atom is -0.280 e. The van der Waals surface area contributed by atoms with Crippen LogP contribution in [0.5, 0.6) is 0 Å². The summed E-state index contributed by atoms with van der Waals surface area (Å²) >= 11 is 3.89. The highest BCUT2D eigenvalue weighted by Gasteiger charge is 2.27. The minimum absolute atomic E-state index is 0.585. The van der Waals surface area contributed by atoms with E-state index in [-0.39, 0.29) is 0 Å². The molecule has 2 atom stereocenters. The molecule has 1 heterocycles. The molecule has 0 saturated carbocycles. The largest absolute Gasteiger partial charge is 0.280 e. The lowest BCUT2D eigenvalue weighted by Crippen LogP contribution is -2.14. The Kier molecular flexibility index (Phi) is 3.98. The van der Waals surface area contributed by atoms with Gasteiger partial charge in [0.25, 0.3) is 0 Å². The summed E-state index contributed by atoms with van der Waals surface area (Å²) in [6, 6.07) is 0. The fraction of sp³-hybridized carbons (Fsp3) is 0.583. The van der Waals surface area contributed by atoms with Gasteiger partial charge in [0.15, 0.2) is 0 Å². The van der Waals surface area contributed by atoms with E-state index in [0.717, 1.165) is 19.4 Å².